The number of hydrogen-bond donors (Lipinski definition) is 2. The molecule has 0 radical (unpaired) electrons. The lowest BCUT2D eigenvalue weighted by Crippen LogP contribution is -2.14. The number of benzene rings is 2. The van der Waals surface area contributed by atoms with Gasteiger partial charge in [-0.25, -0.2) is 4.98 Å². The molecule has 0 aliphatic carbocycles. The van der Waals surface area contributed by atoms with Gasteiger partial charge in [0.2, 0.25) is 0 Å². The number of hydrogen-bond acceptors (Lipinski definition) is 3. The molecule has 3 N–H and O–H groups in total. The van der Waals surface area contributed by atoms with Gasteiger partial charge in [-0.05, 0) is 51.0 Å². The molecule has 21 heavy (non-hydrogen) atoms. The summed E-state index contributed by atoms with van der Waals surface area (Å²) in [5.74, 6) is 0.212. The minimum absolute atomic E-state index is 0.270. The van der Waals surface area contributed by atoms with Crippen molar-refractivity contribution in [2.75, 3.05) is 11.1 Å². The van der Waals surface area contributed by atoms with Gasteiger partial charge in [0.05, 0.1) is 5.56 Å². The molecule has 0 saturated carbocycles. The van der Waals surface area contributed by atoms with E-state index in [4.69, 9.17) is 5.73 Å². The number of nitrogens with zero attached hydrogens (tertiary/aromatic N) is 1. The topological polar surface area (TPSA) is 68.0 Å². The zero-order valence-electron chi connectivity index (χ0n) is 11.0. The Balaban J connectivity index is 1.93. The van der Waals surface area contributed by atoms with Gasteiger partial charge in [-0.2, -0.15) is 0 Å². The van der Waals surface area contributed by atoms with Crippen LogP contribution in [-0.4, -0.2) is 10.9 Å². The van der Waals surface area contributed by atoms with E-state index in [0.717, 1.165) is 15.2 Å². The van der Waals surface area contributed by atoms with Gasteiger partial charge in [0, 0.05) is 16.4 Å². The molecule has 0 saturated heterocycles. The van der Waals surface area contributed by atoms with Crippen molar-refractivity contribution < 1.29 is 4.79 Å². The Morgan fingerprint density at radius 2 is 1.81 bits per heavy atom. The number of amides is 1. The van der Waals surface area contributed by atoms with Crippen LogP contribution in [-0.2, 0) is 0 Å². The molecule has 3 rings (SSSR count). The SMILES string of the molecule is Nc1cc2ccccc2cc1C(=O)Nc1ccc(Br)cn1. The van der Waals surface area contributed by atoms with Gasteiger partial charge >= 0.3 is 0 Å². The number of nitrogens with two attached hydrogens (primary N) is 1. The highest BCUT2D eigenvalue weighted by Crippen LogP contribution is 2.22. The number of halogens is 1. The third-order valence-corrected chi connectivity index (χ3v) is 3.60. The van der Waals surface area contributed by atoms with Crippen LogP contribution >= 0.6 is 15.9 Å². The number of fused-ring (bicyclic) bond motifs is 1. The van der Waals surface area contributed by atoms with Crippen LogP contribution in [0.4, 0.5) is 11.5 Å². The first-order chi connectivity index (χ1) is 10.1. The highest BCUT2D eigenvalue weighted by molar-refractivity contribution is 9.10. The number of nitrogen functional groups attached to an aromatic ring is 1. The number of nitrogens with one attached hydrogen (secondary N) is 1. The molecule has 0 bridgehead atoms. The van der Waals surface area contributed by atoms with E-state index in [2.05, 4.69) is 26.2 Å². The van der Waals surface area contributed by atoms with E-state index in [0.29, 0.717) is 17.1 Å². The molecule has 1 amide bonds. The summed E-state index contributed by atoms with van der Waals surface area (Å²) in [6.07, 6.45) is 1.62. The predicted octanol–water partition coefficient (Wildman–Crippen LogP) is 3.83. The molecule has 0 aliphatic rings. The molecule has 1 aromatic heterocycles. The number of carbonyl (C=O) groups excluding carboxylic acids is 1. The lowest BCUT2D eigenvalue weighted by Gasteiger charge is -2.08. The second kappa shape index (κ2) is 5.54. The summed E-state index contributed by atoms with van der Waals surface area (Å²) in [6.45, 7) is 0. The fourth-order valence-corrected chi connectivity index (χ4v) is 2.32. The van der Waals surface area contributed by atoms with E-state index < -0.39 is 0 Å². The summed E-state index contributed by atoms with van der Waals surface area (Å²) in [6, 6.07) is 14.9. The highest BCUT2D eigenvalue weighted by atomic mass is 79.9. The summed E-state index contributed by atoms with van der Waals surface area (Å²) in [7, 11) is 0. The van der Waals surface area contributed by atoms with Gasteiger partial charge in [-0.15, -0.1) is 0 Å². The standard InChI is InChI=1S/C16H12BrN3O/c17-12-5-6-15(19-9-12)20-16(21)13-7-10-3-1-2-4-11(10)8-14(13)18/h1-9H,18H2,(H,19,20,21). The molecule has 2 aromatic carbocycles. The fraction of sp³-hybridized carbons (Fsp3) is 0. The van der Waals surface area contributed by atoms with Crippen molar-refractivity contribution in [1.29, 1.82) is 0 Å². The monoisotopic (exact) mass is 341 g/mol. The zero-order valence-corrected chi connectivity index (χ0v) is 12.6. The highest BCUT2D eigenvalue weighted by Gasteiger charge is 2.11. The van der Waals surface area contributed by atoms with Crippen molar-refractivity contribution in [2.24, 2.45) is 0 Å². The van der Waals surface area contributed by atoms with Crippen LogP contribution in [0, 0.1) is 0 Å². The first-order valence-electron chi connectivity index (χ1n) is 6.34. The van der Waals surface area contributed by atoms with Crippen molar-refractivity contribution in [3.63, 3.8) is 0 Å². The molecule has 5 heteroatoms. The van der Waals surface area contributed by atoms with Crippen LogP contribution in [0.25, 0.3) is 10.8 Å². The number of rotatable bonds is 2. The molecule has 1 heterocycles. The minimum atomic E-state index is -0.270. The van der Waals surface area contributed by atoms with Crippen molar-refractivity contribution in [3.8, 4) is 0 Å². The minimum Gasteiger partial charge on any atom is -0.398 e. The molecule has 4 nitrogen and oxygen atoms in total. The molecule has 0 aliphatic heterocycles. The van der Waals surface area contributed by atoms with Gasteiger partial charge in [-0.1, -0.05) is 24.3 Å². The first-order valence-corrected chi connectivity index (χ1v) is 7.14. The van der Waals surface area contributed by atoms with E-state index in [1.807, 2.05) is 30.3 Å². The Bertz CT molecular complexity index is 815. The van der Waals surface area contributed by atoms with Gasteiger partial charge in [0.25, 0.3) is 5.91 Å². The van der Waals surface area contributed by atoms with Crippen molar-refractivity contribution in [1.82, 2.24) is 4.98 Å². The van der Waals surface area contributed by atoms with E-state index >= 15 is 0 Å². The lowest BCUT2D eigenvalue weighted by atomic mass is 10.0. The van der Waals surface area contributed by atoms with Gasteiger partial charge < -0.3 is 11.1 Å². The Morgan fingerprint density at radius 1 is 1.10 bits per heavy atom. The van der Waals surface area contributed by atoms with Crippen molar-refractivity contribution in [3.05, 3.63) is 64.8 Å². The fourth-order valence-electron chi connectivity index (χ4n) is 2.09. The van der Waals surface area contributed by atoms with Crippen molar-refractivity contribution in [2.45, 2.75) is 0 Å². The molecule has 0 unspecified atom stereocenters. The summed E-state index contributed by atoms with van der Waals surface area (Å²) in [5.41, 5.74) is 6.87. The Morgan fingerprint density at radius 3 is 2.48 bits per heavy atom. The van der Waals surface area contributed by atoms with Gasteiger partial charge in [0.15, 0.2) is 0 Å². The normalized spacial score (nSPS) is 10.5. The number of pyridine rings is 1. The average Bonchev–Trinajstić information content (AvgIpc) is 2.49. The van der Waals surface area contributed by atoms with Crippen LogP contribution in [0.15, 0.2) is 59.2 Å². The summed E-state index contributed by atoms with van der Waals surface area (Å²) in [5, 5.41) is 4.72. The number of aromatic nitrogens is 1. The first kappa shape index (κ1) is 13.6. The Hall–Kier alpha value is -2.40. The molecular formula is C16H12BrN3O. The largest absolute Gasteiger partial charge is 0.398 e. The molecule has 3 aromatic rings. The van der Waals surface area contributed by atoms with E-state index in [1.54, 1.807) is 24.4 Å². The van der Waals surface area contributed by atoms with Gasteiger partial charge in [-0.3, -0.25) is 4.79 Å². The smallest absolute Gasteiger partial charge is 0.258 e. The molecule has 104 valence electrons. The maximum absolute atomic E-state index is 12.3. The third-order valence-electron chi connectivity index (χ3n) is 3.13. The molecular weight excluding hydrogens is 330 g/mol. The zero-order chi connectivity index (χ0) is 14.8. The van der Waals surface area contributed by atoms with Crippen LogP contribution in [0.1, 0.15) is 10.4 Å². The Labute approximate surface area is 130 Å². The van der Waals surface area contributed by atoms with Crippen molar-refractivity contribution >= 4 is 44.1 Å². The molecule has 0 spiro atoms. The third kappa shape index (κ3) is 2.87. The van der Waals surface area contributed by atoms with Crippen LogP contribution in [0.2, 0.25) is 0 Å². The lowest BCUT2D eigenvalue weighted by molar-refractivity contribution is 0.102. The summed E-state index contributed by atoms with van der Waals surface area (Å²) in [4.78, 5) is 16.4. The van der Waals surface area contributed by atoms with E-state index in [1.165, 1.54) is 0 Å². The second-order valence-corrected chi connectivity index (χ2v) is 5.52. The Kier molecular flexibility index (Phi) is 3.58. The van der Waals surface area contributed by atoms with E-state index in [-0.39, 0.29) is 5.91 Å². The predicted molar refractivity (Wildman–Crippen MR) is 88.3 cm³/mol. The van der Waals surface area contributed by atoms with Gasteiger partial charge in [0.1, 0.15) is 5.82 Å². The number of carbonyl (C=O) groups is 1. The average molecular weight is 342 g/mol. The van der Waals surface area contributed by atoms with Crippen LogP contribution in [0.5, 0.6) is 0 Å². The van der Waals surface area contributed by atoms with Crippen LogP contribution in [0.3, 0.4) is 0 Å². The van der Waals surface area contributed by atoms with Crippen LogP contribution < -0.4 is 11.1 Å². The maximum Gasteiger partial charge on any atom is 0.258 e. The second-order valence-electron chi connectivity index (χ2n) is 4.60. The summed E-state index contributed by atoms with van der Waals surface area (Å²) >= 11 is 3.30. The molecule has 0 atom stereocenters. The van der Waals surface area contributed by atoms with E-state index in [9.17, 15) is 4.79 Å². The molecule has 0 fully saturated rings. The quantitative estimate of drug-likeness (QED) is 0.696. The summed E-state index contributed by atoms with van der Waals surface area (Å²) < 4.78 is 0.853. The number of anilines is 2. The maximum atomic E-state index is 12.3.